The van der Waals surface area contributed by atoms with Gasteiger partial charge >= 0.3 is 0 Å². The number of hydrogen-bond acceptors (Lipinski definition) is 4. The summed E-state index contributed by atoms with van der Waals surface area (Å²) in [5, 5.41) is 13.0. The van der Waals surface area contributed by atoms with E-state index in [4.69, 9.17) is 0 Å². The van der Waals surface area contributed by atoms with Crippen LogP contribution in [0.3, 0.4) is 0 Å². The van der Waals surface area contributed by atoms with Crippen LogP contribution in [0.25, 0.3) is 16.3 Å². The summed E-state index contributed by atoms with van der Waals surface area (Å²) in [6, 6.07) is 7.86. The van der Waals surface area contributed by atoms with Crippen molar-refractivity contribution in [3.05, 3.63) is 35.3 Å². The van der Waals surface area contributed by atoms with Gasteiger partial charge in [-0.3, -0.25) is 4.79 Å². The second-order valence-corrected chi connectivity index (χ2v) is 5.60. The standard InChI is InChI=1S/C15H18N2O2S/c1-2-5-11(18)10-16-14(19)8-9-15-17-12-6-3-4-7-13(12)20-15/h3-4,6-9,11,18H,2,5,10H2,1H3,(H,16,19)/b9-8+. The van der Waals surface area contributed by atoms with E-state index in [1.165, 1.54) is 6.08 Å². The number of thiazole rings is 1. The van der Waals surface area contributed by atoms with Crippen molar-refractivity contribution >= 4 is 33.5 Å². The molecule has 1 atom stereocenters. The fourth-order valence-corrected chi connectivity index (χ4v) is 2.69. The third-order valence-electron chi connectivity index (χ3n) is 2.82. The van der Waals surface area contributed by atoms with Gasteiger partial charge in [-0.1, -0.05) is 25.5 Å². The summed E-state index contributed by atoms with van der Waals surface area (Å²) >= 11 is 1.54. The first-order chi connectivity index (χ1) is 9.69. The van der Waals surface area contributed by atoms with Gasteiger partial charge < -0.3 is 10.4 Å². The Morgan fingerprint density at radius 2 is 2.30 bits per heavy atom. The summed E-state index contributed by atoms with van der Waals surface area (Å²) in [5.74, 6) is -0.209. The summed E-state index contributed by atoms with van der Waals surface area (Å²) < 4.78 is 1.10. The minimum Gasteiger partial charge on any atom is -0.391 e. The number of nitrogens with one attached hydrogen (secondary N) is 1. The number of fused-ring (bicyclic) bond motifs is 1. The number of rotatable bonds is 6. The van der Waals surface area contributed by atoms with E-state index in [1.807, 2.05) is 31.2 Å². The predicted molar refractivity (Wildman–Crippen MR) is 82.6 cm³/mol. The van der Waals surface area contributed by atoms with Crippen LogP contribution in [0.4, 0.5) is 0 Å². The number of aliphatic hydroxyl groups excluding tert-OH is 1. The topological polar surface area (TPSA) is 62.2 Å². The molecular weight excluding hydrogens is 272 g/mol. The molecule has 0 aliphatic rings. The van der Waals surface area contributed by atoms with Crippen LogP contribution < -0.4 is 5.32 Å². The van der Waals surface area contributed by atoms with Crippen molar-refractivity contribution in [2.45, 2.75) is 25.9 Å². The maximum atomic E-state index is 11.6. The third kappa shape index (κ3) is 4.15. The smallest absolute Gasteiger partial charge is 0.244 e. The van der Waals surface area contributed by atoms with E-state index in [2.05, 4.69) is 10.3 Å². The molecule has 2 aromatic rings. The van der Waals surface area contributed by atoms with Gasteiger partial charge in [0.1, 0.15) is 5.01 Å². The molecule has 1 heterocycles. The number of hydrogen-bond donors (Lipinski definition) is 2. The lowest BCUT2D eigenvalue weighted by Gasteiger charge is -2.08. The summed E-state index contributed by atoms with van der Waals surface area (Å²) in [6.07, 6.45) is 4.28. The van der Waals surface area contributed by atoms with Crippen LogP contribution in [-0.4, -0.2) is 28.6 Å². The first-order valence-electron chi connectivity index (χ1n) is 6.68. The van der Waals surface area contributed by atoms with Crippen molar-refractivity contribution in [2.75, 3.05) is 6.54 Å². The summed E-state index contributed by atoms with van der Waals surface area (Å²) in [4.78, 5) is 16.0. The van der Waals surface area contributed by atoms with Gasteiger partial charge in [-0.25, -0.2) is 4.98 Å². The van der Waals surface area contributed by atoms with E-state index in [9.17, 15) is 9.90 Å². The maximum absolute atomic E-state index is 11.6. The Hall–Kier alpha value is -1.72. The normalized spacial score (nSPS) is 12.9. The molecule has 0 fully saturated rings. The monoisotopic (exact) mass is 290 g/mol. The highest BCUT2D eigenvalue weighted by molar-refractivity contribution is 7.19. The third-order valence-corrected chi connectivity index (χ3v) is 3.82. The van der Waals surface area contributed by atoms with E-state index in [0.29, 0.717) is 6.42 Å². The molecule has 0 bridgehead atoms. The highest BCUT2D eigenvalue weighted by atomic mass is 32.1. The molecule has 2 rings (SSSR count). The summed E-state index contributed by atoms with van der Waals surface area (Å²) in [7, 11) is 0. The fourth-order valence-electron chi connectivity index (χ4n) is 1.82. The zero-order valence-corrected chi connectivity index (χ0v) is 12.2. The number of para-hydroxylation sites is 1. The van der Waals surface area contributed by atoms with Crippen molar-refractivity contribution in [1.29, 1.82) is 0 Å². The maximum Gasteiger partial charge on any atom is 0.244 e. The Morgan fingerprint density at radius 3 is 3.05 bits per heavy atom. The Kier molecular flexibility index (Phi) is 5.26. The van der Waals surface area contributed by atoms with Crippen LogP contribution in [0.1, 0.15) is 24.8 Å². The minimum atomic E-state index is -0.472. The van der Waals surface area contributed by atoms with E-state index in [-0.39, 0.29) is 12.5 Å². The Morgan fingerprint density at radius 1 is 1.50 bits per heavy atom. The molecule has 2 N–H and O–H groups in total. The number of aromatic nitrogens is 1. The van der Waals surface area contributed by atoms with Crippen LogP contribution in [0.5, 0.6) is 0 Å². The number of carbonyl (C=O) groups is 1. The van der Waals surface area contributed by atoms with Gasteiger partial charge in [0.25, 0.3) is 0 Å². The average Bonchev–Trinajstić information content (AvgIpc) is 2.86. The van der Waals surface area contributed by atoms with E-state index in [1.54, 1.807) is 17.4 Å². The molecule has 5 heteroatoms. The summed E-state index contributed by atoms with van der Waals surface area (Å²) in [6.45, 7) is 2.29. The van der Waals surface area contributed by atoms with Gasteiger partial charge in [-0.05, 0) is 24.6 Å². The van der Waals surface area contributed by atoms with Crippen LogP contribution >= 0.6 is 11.3 Å². The van der Waals surface area contributed by atoms with Crippen LogP contribution in [0.15, 0.2) is 30.3 Å². The molecule has 0 spiro atoms. The quantitative estimate of drug-likeness (QED) is 0.804. The lowest BCUT2D eigenvalue weighted by Crippen LogP contribution is -2.30. The molecule has 1 aromatic carbocycles. The first-order valence-corrected chi connectivity index (χ1v) is 7.50. The molecular formula is C15H18N2O2S. The van der Waals surface area contributed by atoms with Crippen LogP contribution in [0.2, 0.25) is 0 Å². The van der Waals surface area contributed by atoms with Crippen molar-refractivity contribution in [1.82, 2.24) is 10.3 Å². The number of aliphatic hydroxyl groups is 1. The van der Waals surface area contributed by atoms with E-state index in [0.717, 1.165) is 21.6 Å². The highest BCUT2D eigenvalue weighted by Crippen LogP contribution is 2.22. The van der Waals surface area contributed by atoms with Crippen LogP contribution in [-0.2, 0) is 4.79 Å². The second-order valence-electron chi connectivity index (χ2n) is 4.54. The largest absolute Gasteiger partial charge is 0.391 e. The molecule has 1 amide bonds. The molecule has 1 aromatic heterocycles. The van der Waals surface area contributed by atoms with Crippen molar-refractivity contribution in [3.63, 3.8) is 0 Å². The van der Waals surface area contributed by atoms with E-state index >= 15 is 0 Å². The average molecular weight is 290 g/mol. The van der Waals surface area contributed by atoms with Gasteiger partial charge in [0, 0.05) is 12.6 Å². The SMILES string of the molecule is CCCC(O)CNC(=O)/C=C/c1nc2ccccc2s1. The van der Waals surface area contributed by atoms with Gasteiger partial charge in [0.2, 0.25) is 5.91 Å². The number of benzene rings is 1. The number of carbonyl (C=O) groups excluding carboxylic acids is 1. The Bertz CT molecular complexity index is 574. The van der Waals surface area contributed by atoms with E-state index < -0.39 is 6.10 Å². The molecule has 106 valence electrons. The number of nitrogens with zero attached hydrogens (tertiary/aromatic N) is 1. The first kappa shape index (κ1) is 14.7. The molecule has 0 aliphatic heterocycles. The van der Waals surface area contributed by atoms with Gasteiger partial charge in [-0.15, -0.1) is 11.3 Å². The molecule has 20 heavy (non-hydrogen) atoms. The minimum absolute atomic E-state index is 0.209. The molecule has 0 saturated carbocycles. The molecule has 0 saturated heterocycles. The molecule has 0 radical (unpaired) electrons. The lowest BCUT2D eigenvalue weighted by atomic mass is 10.2. The predicted octanol–water partition coefficient (Wildman–Crippen LogP) is 2.59. The second kappa shape index (κ2) is 7.17. The van der Waals surface area contributed by atoms with Gasteiger partial charge in [-0.2, -0.15) is 0 Å². The zero-order valence-electron chi connectivity index (χ0n) is 11.4. The van der Waals surface area contributed by atoms with Crippen molar-refractivity contribution in [2.24, 2.45) is 0 Å². The van der Waals surface area contributed by atoms with Gasteiger partial charge in [0.15, 0.2) is 0 Å². The van der Waals surface area contributed by atoms with Gasteiger partial charge in [0.05, 0.1) is 16.3 Å². The molecule has 4 nitrogen and oxygen atoms in total. The van der Waals surface area contributed by atoms with Crippen molar-refractivity contribution < 1.29 is 9.90 Å². The summed E-state index contributed by atoms with van der Waals surface area (Å²) in [5.41, 5.74) is 0.941. The Labute approximate surface area is 122 Å². The molecule has 1 unspecified atom stereocenters. The molecule has 0 aliphatic carbocycles. The fraction of sp³-hybridized carbons (Fsp3) is 0.333. The van der Waals surface area contributed by atoms with Crippen molar-refractivity contribution in [3.8, 4) is 0 Å². The number of amides is 1. The lowest BCUT2D eigenvalue weighted by molar-refractivity contribution is -0.116. The van der Waals surface area contributed by atoms with Crippen LogP contribution in [0, 0.1) is 0 Å². The zero-order chi connectivity index (χ0) is 14.4. The Balaban J connectivity index is 1.90. The highest BCUT2D eigenvalue weighted by Gasteiger charge is 2.04.